The van der Waals surface area contributed by atoms with Gasteiger partial charge in [0.2, 0.25) is 0 Å². The van der Waals surface area contributed by atoms with E-state index in [2.05, 4.69) is 35.7 Å². The third-order valence-corrected chi connectivity index (χ3v) is 4.60. The molecule has 0 spiro atoms. The molecule has 2 heteroatoms. The summed E-state index contributed by atoms with van der Waals surface area (Å²) in [6.07, 6.45) is 19.3. The van der Waals surface area contributed by atoms with Gasteiger partial charge in [0.25, 0.3) is 0 Å². The molecular formula is C18H21NO. The first-order chi connectivity index (χ1) is 9.92. The minimum absolute atomic E-state index is 0.401. The predicted molar refractivity (Wildman–Crippen MR) is 81.3 cm³/mol. The van der Waals surface area contributed by atoms with Crippen LogP contribution in [0.3, 0.4) is 0 Å². The molecule has 1 unspecified atom stereocenters. The molecule has 2 nitrogen and oxygen atoms in total. The smallest absolute Gasteiger partial charge is 0.132 e. The molecule has 4 rings (SSSR count). The van der Waals surface area contributed by atoms with Crippen LogP contribution in [0.2, 0.25) is 0 Å². The minimum atomic E-state index is 0.401. The summed E-state index contributed by atoms with van der Waals surface area (Å²) in [5.41, 5.74) is 4.31. The van der Waals surface area contributed by atoms with E-state index in [1.807, 2.05) is 0 Å². The first-order valence-corrected chi connectivity index (χ1v) is 7.85. The molecule has 0 radical (unpaired) electrons. The highest BCUT2D eigenvalue weighted by Gasteiger charge is 2.28. The quantitative estimate of drug-likeness (QED) is 0.857. The number of rotatable bonds is 2. The topological polar surface area (TPSA) is 25.2 Å². The third-order valence-electron chi connectivity index (χ3n) is 4.60. The largest absolute Gasteiger partial charge is 0.461 e. The standard InChI is InChI=1S/C18H21NO/c1-2-7-13(8-3-1)19-15-10-6-12-17-18(15)14-9-4-5-11-16(14)20-17/h1-2,6-7,12,15,19H,3-5,8-11H2. The van der Waals surface area contributed by atoms with Crippen LogP contribution in [0.1, 0.15) is 60.8 Å². The number of nitrogens with one attached hydrogen (secondary N) is 1. The summed E-state index contributed by atoms with van der Waals surface area (Å²) in [6.45, 7) is 0. The van der Waals surface area contributed by atoms with Crippen LogP contribution in [0.15, 0.2) is 34.4 Å². The molecule has 1 aromatic heterocycles. The molecule has 1 atom stereocenters. The van der Waals surface area contributed by atoms with Crippen LogP contribution >= 0.6 is 0 Å². The average Bonchev–Trinajstić information content (AvgIpc) is 2.88. The van der Waals surface area contributed by atoms with Crippen molar-refractivity contribution in [3.8, 4) is 0 Å². The molecule has 3 aliphatic carbocycles. The van der Waals surface area contributed by atoms with Crippen LogP contribution in [0, 0.1) is 0 Å². The van der Waals surface area contributed by atoms with Crippen LogP contribution in [0.4, 0.5) is 0 Å². The van der Waals surface area contributed by atoms with E-state index in [9.17, 15) is 0 Å². The van der Waals surface area contributed by atoms with E-state index >= 15 is 0 Å². The zero-order valence-electron chi connectivity index (χ0n) is 11.8. The van der Waals surface area contributed by atoms with E-state index in [1.165, 1.54) is 41.8 Å². The number of furan rings is 1. The third kappa shape index (κ3) is 2.04. The first kappa shape index (κ1) is 12.1. The Labute approximate surface area is 120 Å². The molecule has 0 aromatic carbocycles. The van der Waals surface area contributed by atoms with Crippen LogP contribution in [0.5, 0.6) is 0 Å². The fourth-order valence-electron chi connectivity index (χ4n) is 3.62. The van der Waals surface area contributed by atoms with Crippen molar-refractivity contribution in [2.24, 2.45) is 0 Å². The molecule has 3 aliphatic rings. The lowest BCUT2D eigenvalue weighted by Crippen LogP contribution is -2.23. The number of aryl methyl sites for hydroxylation is 1. The van der Waals surface area contributed by atoms with Gasteiger partial charge in [-0.2, -0.15) is 0 Å². The van der Waals surface area contributed by atoms with E-state index in [1.54, 1.807) is 0 Å². The monoisotopic (exact) mass is 267 g/mol. The van der Waals surface area contributed by atoms with Crippen molar-refractivity contribution >= 4 is 6.08 Å². The lowest BCUT2D eigenvalue weighted by atomic mass is 9.88. The molecule has 1 N–H and O–H groups in total. The lowest BCUT2D eigenvalue weighted by molar-refractivity contribution is 0.468. The van der Waals surface area contributed by atoms with Gasteiger partial charge in [-0.3, -0.25) is 0 Å². The number of hydrogen-bond acceptors (Lipinski definition) is 2. The molecule has 20 heavy (non-hydrogen) atoms. The molecule has 0 saturated carbocycles. The van der Waals surface area contributed by atoms with Gasteiger partial charge in [0.15, 0.2) is 0 Å². The van der Waals surface area contributed by atoms with E-state index in [-0.39, 0.29) is 0 Å². The maximum absolute atomic E-state index is 6.09. The molecule has 104 valence electrons. The molecule has 0 amide bonds. The van der Waals surface area contributed by atoms with Crippen molar-refractivity contribution in [3.05, 3.63) is 52.6 Å². The number of fused-ring (bicyclic) bond motifs is 3. The highest BCUT2D eigenvalue weighted by Crippen LogP contribution is 2.39. The van der Waals surface area contributed by atoms with Gasteiger partial charge in [-0.15, -0.1) is 0 Å². The molecule has 0 saturated heterocycles. The van der Waals surface area contributed by atoms with Gasteiger partial charge >= 0.3 is 0 Å². The Morgan fingerprint density at radius 1 is 1.10 bits per heavy atom. The van der Waals surface area contributed by atoms with Gasteiger partial charge < -0.3 is 9.73 Å². The second kappa shape index (κ2) is 5.01. The van der Waals surface area contributed by atoms with Crippen LogP contribution < -0.4 is 5.32 Å². The summed E-state index contributed by atoms with van der Waals surface area (Å²) in [5, 5.41) is 3.75. The molecule has 1 aromatic rings. The summed E-state index contributed by atoms with van der Waals surface area (Å²) < 4.78 is 6.09. The predicted octanol–water partition coefficient (Wildman–Crippen LogP) is 4.44. The Bertz CT molecular complexity index is 603. The molecular weight excluding hydrogens is 246 g/mol. The maximum atomic E-state index is 6.09. The van der Waals surface area contributed by atoms with Gasteiger partial charge in [-0.1, -0.05) is 18.2 Å². The highest BCUT2D eigenvalue weighted by molar-refractivity contribution is 5.57. The Kier molecular flexibility index (Phi) is 3.02. The Balaban J connectivity index is 1.67. The fourth-order valence-corrected chi connectivity index (χ4v) is 3.62. The first-order valence-electron chi connectivity index (χ1n) is 7.85. The van der Waals surface area contributed by atoms with Gasteiger partial charge in [0, 0.05) is 17.7 Å². The van der Waals surface area contributed by atoms with Crippen molar-refractivity contribution in [2.75, 3.05) is 0 Å². The molecule has 0 aliphatic heterocycles. The zero-order valence-corrected chi connectivity index (χ0v) is 11.8. The Hall–Kier alpha value is -1.70. The van der Waals surface area contributed by atoms with Crippen LogP contribution in [-0.4, -0.2) is 0 Å². The summed E-state index contributed by atoms with van der Waals surface area (Å²) in [7, 11) is 0. The second-order valence-electron chi connectivity index (χ2n) is 5.98. The molecule has 1 heterocycles. The molecule has 0 fully saturated rings. The average molecular weight is 267 g/mol. The normalized spacial score (nSPS) is 24.0. The van der Waals surface area contributed by atoms with Crippen LogP contribution in [-0.2, 0) is 12.8 Å². The Morgan fingerprint density at radius 3 is 2.95 bits per heavy atom. The summed E-state index contributed by atoms with van der Waals surface area (Å²) in [5.74, 6) is 2.35. The fraction of sp³-hybridized carbons (Fsp3) is 0.444. The molecule has 0 bridgehead atoms. The van der Waals surface area contributed by atoms with Crippen molar-refractivity contribution in [3.63, 3.8) is 0 Å². The Morgan fingerprint density at radius 2 is 2.05 bits per heavy atom. The van der Waals surface area contributed by atoms with Crippen LogP contribution in [0.25, 0.3) is 6.08 Å². The summed E-state index contributed by atoms with van der Waals surface area (Å²) in [6, 6.07) is 0.401. The van der Waals surface area contributed by atoms with Gasteiger partial charge in [0.1, 0.15) is 11.5 Å². The van der Waals surface area contributed by atoms with E-state index in [0.29, 0.717) is 6.04 Å². The highest BCUT2D eigenvalue weighted by atomic mass is 16.3. The van der Waals surface area contributed by atoms with Gasteiger partial charge in [0.05, 0.1) is 6.04 Å². The number of hydrogen-bond donors (Lipinski definition) is 1. The zero-order chi connectivity index (χ0) is 13.4. The van der Waals surface area contributed by atoms with Crippen molar-refractivity contribution in [2.45, 2.75) is 51.0 Å². The lowest BCUT2D eigenvalue weighted by Gasteiger charge is -2.25. The summed E-state index contributed by atoms with van der Waals surface area (Å²) >= 11 is 0. The van der Waals surface area contributed by atoms with E-state index < -0.39 is 0 Å². The second-order valence-corrected chi connectivity index (χ2v) is 5.98. The SMILES string of the molecule is C1=CCCC(NC2CC=Cc3oc4c(c32)CCCC4)=C1. The summed E-state index contributed by atoms with van der Waals surface area (Å²) in [4.78, 5) is 0. The van der Waals surface area contributed by atoms with Gasteiger partial charge in [-0.25, -0.2) is 0 Å². The van der Waals surface area contributed by atoms with Crippen molar-refractivity contribution in [1.29, 1.82) is 0 Å². The van der Waals surface area contributed by atoms with Gasteiger partial charge in [-0.05, 0) is 56.2 Å². The van der Waals surface area contributed by atoms with E-state index in [4.69, 9.17) is 4.42 Å². The maximum Gasteiger partial charge on any atom is 0.132 e. The number of allylic oxidation sites excluding steroid dienone is 4. The van der Waals surface area contributed by atoms with Crippen molar-refractivity contribution in [1.82, 2.24) is 5.32 Å². The van der Waals surface area contributed by atoms with E-state index in [0.717, 1.165) is 31.4 Å². The minimum Gasteiger partial charge on any atom is -0.461 e. The van der Waals surface area contributed by atoms with Crippen molar-refractivity contribution < 1.29 is 4.42 Å².